The second-order valence-electron chi connectivity index (χ2n) is 4.21. The molecule has 1 spiro atoms. The molecule has 3 saturated heterocycles. The molecule has 3 heterocycles. The van der Waals surface area contributed by atoms with E-state index in [1.165, 1.54) is 0 Å². The van der Waals surface area contributed by atoms with Crippen molar-refractivity contribution in [3.63, 3.8) is 0 Å². The van der Waals surface area contributed by atoms with Crippen molar-refractivity contribution in [1.29, 1.82) is 0 Å². The lowest BCUT2D eigenvalue weighted by Gasteiger charge is -2.23. The molecule has 3 rings (SSSR count). The van der Waals surface area contributed by atoms with Gasteiger partial charge in [-0.3, -0.25) is 9.59 Å². The predicted octanol–water partition coefficient (Wildman–Crippen LogP) is -0.208. The fourth-order valence-corrected chi connectivity index (χ4v) is 2.97. The molecular formula is C9H10O5. The van der Waals surface area contributed by atoms with Gasteiger partial charge < -0.3 is 14.6 Å². The predicted molar refractivity (Wildman–Crippen MR) is 42.4 cm³/mol. The first-order valence-corrected chi connectivity index (χ1v) is 4.71. The van der Waals surface area contributed by atoms with Crippen LogP contribution in [0.25, 0.3) is 0 Å². The molecule has 1 N–H and O–H groups in total. The number of carbonyl (C=O) groups excluding carboxylic acids is 1. The summed E-state index contributed by atoms with van der Waals surface area (Å²) in [6, 6.07) is 0. The van der Waals surface area contributed by atoms with Crippen LogP contribution in [0.4, 0.5) is 0 Å². The zero-order valence-electron chi connectivity index (χ0n) is 7.43. The Balaban J connectivity index is 2.03. The molecule has 5 heteroatoms. The maximum atomic E-state index is 11.4. The number of cyclic esters (lactones) is 1. The van der Waals surface area contributed by atoms with Gasteiger partial charge in [-0.1, -0.05) is 0 Å². The third-order valence-electron chi connectivity index (χ3n) is 3.56. The topological polar surface area (TPSA) is 72.8 Å². The SMILES string of the molecule is O=C(O)C1C2CC[C@@]3(COC(=O)C13)O2. The minimum Gasteiger partial charge on any atom is -0.481 e. The summed E-state index contributed by atoms with van der Waals surface area (Å²) in [4.78, 5) is 22.4. The summed E-state index contributed by atoms with van der Waals surface area (Å²) < 4.78 is 10.5. The number of carbonyl (C=O) groups is 2. The zero-order chi connectivity index (χ0) is 9.92. The number of hydrogen-bond donors (Lipinski definition) is 1. The van der Waals surface area contributed by atoms with E-state index in [0.717, 1.165) is 12.8 Å². The Bertz CT molecular complexity index is 325. The minimum atomic E-state index is -0.944. The van der Waals surface area contributed by atoms with Crippen molar-refractivity contribution in [3.05, 3.63) is 0 Å². The molecule has 0 aromatic heterocycles. The Kier molecular flexibility index (Phi) is 1.34. The van der Waals surface area contributed by atoms with E-state index >= 15 is 0 Å². The Hall–Kier alpha value is -1.10. The number of esters is 1. The summed E-state index contributed by atoms with van der Waals surface area (Å²) in [6.45, 7) is 0.233. The number of fused-ring (bicyclic) bond motifs is 1. The Morgan fingerprint density at radius 1 is 1.57 bits per heavy atom. The van der Waals surface area contributed by atoms with Crippen molar-refractivity contribution in [2.45, 2.75) is 24.5 Å². The average molecular weight is 198 g/mol. The lowest BCUT2D eigenvalue weighted by molar-refractivity contribution is -0.153. The molecule has 0 aromatic carbocycles. The largest absolute Gasteiger partial charge is 0.481 e. The fraction of sp³-hybridized carbons (Fsp3) is 0.778. The number of carboxylic acids is 1. The number of hydrogen-bond acceptors (Lipinski definition) is 4. The molecule has 3 aliphatic heterocycles. The molecular weight excluding hydrogens is 188 g/mol. The van der Waals surface area contributed by atoms with Crippen LogP contribution >= 0.6 is 0 Å². The van der Waals surface area contributed by atoms with Gasteiger partial charge in [-0.25, -0.2) is 0 Å². The van der Waals surface area contributed by atoms with Crippen LogP contribution in [0.2, 0.25) is 0 Å². The molecule has 3 aliphatic rings. The standard InChI is InChI=1S/C9H10O5/c10-7(11)5-4-1-2-9(14-4)3-13-8(12)6(5)9/h4-6H,1-3H2,(H,10,11)/t4?,5?,6?,9-/m0/s1. The van der Waals surface area contributed by atoms with Gasteiger partial charge in [-0.05, 0) is 12.8 Å². The van der Waals surface area contributed by atoms with Crippen molar-refractivity contribution in [2.75, 3.05) is 6.61 Å². The lowest BCUT2D eigenvalue weighted by Crippen LogP contribution is -2.41. The van der Waals surface area contributed by atoms with E-state index in [1.54, 1.807) is 0 Å². The van der Waals surface area contributed by atoms with Crippen molar-refractivity contribution < 1.29 is 24.2 Å². The van der Waals surface area contributed by atoms with Gasteiger partial charge in [-0.15, -0.1) is 0 Å². The van der Waals surface area contributed by atoms with Gasteiger partial charge in [-0.2, -0.15) is 0 Å². The number of aliphatic carboxylic acids is 1. The normalized spacial score (nSPS) is 49.1. The van der Waals surface area contributed by atoms with Crippen LogP contribution in [-0.4, -0.2) is 35.4 Å². The van der Waals surface area contributed by atoms with Crippen LogP contribution < -0.4 is 0 Å². The van der Waals surface area contributed by atoms with Crippen molar-refractivity contribution >= 4 is 11.9 Å². The van der Waals surface area contributed by atoms with E-state index in [1.807, 2.05) is 0 Å². The second-order valence-corrected chi connectivity index (χ2v) is 4.21. The minimum absolute atomic E-state index is 0.233. The van der Waals surface area contributed by atoms with Crippen LogP contribution in [0, 0.1) is 11.8 Å². The Labute approximate surface area is 80.0 Å². The van der Waals surface area contributed by atoms with Crippen molar-refractivity contribution in [2.24, 2.45) is 11.8 Å². The van der Waals surface area contributed by atoms with E-state index in [-0.39, 0.29) is 12.7 Å². The molecule has 0 amide bonds. The van der Waals surface area contributed by atoms with Crippen LogP contribution in [-0.2, 0) is 19.1 Å². The summed E-state index contributed by atoms with van der Waals surface area (Å²) in [6.07, 6.45) is 1.19. The van der Waals surface area contributed by atoms with Gasteiger partial charge >= 0.3 is 11.9 Å². The van der Waals surface area contributed by atoms with Gasteiger partial charge in [0.2, 0.25) is 0 Å². The summed E-state index contributed by atoms with van der Waals surface area (Å²) in [5.41, 5.74) is -0.606. The molecule has 14 heavy (non-hydrogen) atoms. The highest BCUT2D eigenvalue weighted by Crippen LogP contribution is 2.54. The number of carboxylic acid groups (broad SMARTS) is 1. The van der Waals surface area contributed by atoms with E-state index in [0.29, 0.717) is 0 Å². The van der Waals surface area contributed by atoms with E-state index in [4.69, 9.17) is 14.6 Å². The zero-order valence-corrected chi connectivity index (χ0v) is 7.43. The van der Waals surface area contributed by atoms with Gasteiger partial charge in [0.1, 0.15) is 18.1 Å². The second kappa shape index (κ2) is 2.28. The molecule has 0 aromatic rings. The Morgan fingerprint density at radius 2 is 2.36 bits per heavy atom. The summed E-state index contributed by atoms with van der Waals surface area (Å²) in [5.74, 6) is -2.61. The van der Waals surface area contributed by atoms with Gasteiger partial charge in [0.05, 0.1) is 12.0 Å². The number of rotatable bonds is 1. The van der Waals surface area contributed by atoms with Crippen LogP contribution in [0.1, 0.15) is 12.8 Å². The highest BCUT2D eigenvalue weighted by Gasteiger charge is 2.68. The molecule has 76 valence electrons. The highest BCUT2D eigenvalue weighted by atomic mass is 16.6. The molecule has 2 bridgehead atoms. The maximum absolute atomic E-state index is 11.4. The summed E-state index contributed by atoms with van der Waals surface area (Å²) in [7, 11) is 0. The first kappa shape index (κ1) is 8.23. The monoisotopic (exact) mass is 198 g/mol. The van der Waals surface area contributed by atoms with Crippen LogP contribution in [0.15, 0.2) is 0 Å². The van der Waals surface area contributed by atoms with Crippen molar-refractivity contribution in [3.8, 4) is 0 Å². The third-order valence-corrected chi connectivity index (χ3v) is 3.56. The first-order valence-electron chi connectivity index (χ1n) is 4.71. The van der Waals surface area contributed by atoms with Gasteiger partial charge in [0.25, 0.3) is 0 Å². The number of ether oxygens (including phenoxy) is 2. The highest BCUT2D eigenvalue weighted by molar-refractivity contribution is 5.85. The first-order chi connectivity index (χ1) is 6.64. The molecule has 4 atom stereocenters. The van der Waals surface area contributed by atoms with Crippen LogP contribution in [0.5, 0.6) is 0 Å². The summed E-state index contributed by atoms with van der Waals surface area (Å²) in [5, 5.41) is 9.01. The molecule has 3 unspecified atom stereocenters. The molecule has 5 nitrogen and oxygen atoms in total. The molecule has 0 radical (unpaired) electrons. The van der Waals surface area contributed by atoms with E-state index < -0.39 is 29.4 Å². The smallest absolute Gasteiger partial charge is 0.313 e. The summed E-state index contributed by atoms with van der Waals surface area (Å²) >= 11 is 0. The van der Waals surface area contributed by atoms with E-state index in [9.17, 15) is 9.59 Å². The fourth-order valence-electron chi connectivity index (χ4n) is 2.97. The molecule has 3 fully saturated rings. The van der Waals surface area contributed by atoms with E-state index in [2.05, 4.69) is 0 Å². The van der Waals surface area contributed by atoms with Crippen molar-refractivity contribution in [1.82, 2.24) is 0 Å². The van der Waals surface area contributed by atoms with Gasteiger partial charge in [0, 0.05) is 0 Å². The third kappa shape index (κ3) is 0.744. The molecule has 0 saturated carbocycles. The van der Waals surface area contributed by atoms with Gasteiger partial charge in [0.15, 0.2) is 0 Å². The maximum Gasteiger partial charge on any atom is 0.313 e. The van der Waals surface area contributed by atoms with Crippen LogP contribution in [0.3, 0.4) is 0 Å². The lowest BCUT2D eigenvalue weighted by atomic mass is 9.73. The molecule has 0 aliphatic carbocycles. The quantitative estimate of drug-likeness (QED) is 0.590. The Morgan fingerprint density at radius 3 is 3.07 bits per heavy atom. The average Bonchev–Trinajstić information content (AvgIpc) is 2.75.